The lowest BCUT2D eigenvalue weighted by atomic mass is 9.82. The summed E-state index contributed by atoms with van der Waals surface area (Å²) in [5.41, 5.74) is 2.01. The second-order valence-corrected chi connectivity index (χ2v) is 5.32. The summed E-state index contributed by atoms with van der Waals surface area (Å²) in [6, 6.07) is 3.98. The molecule has 0 aliphatic heterocycles. The predicted octanol–water partition coefficient (Wildman–Crippen LogP) is 2.40. The molecule has 1 fully saturated rings. The fourth-order valence-electron chi connectivity index (χ4n) is 2.83. The van der Waals surface area contributed by atoms with E-state index in [-0.39, 0.29) is 5.92 Å². The Balaban J connectivity index is 1.82. The summed E-state index contributed by atoms with van der Waals surface area (Å²) in [7, 11) is 0. The van der Waals surface area contributed by atoms with Crippen LogP contribution in [-0.4, -0.2) is 25.7 Å². The molecule has 19 heavy (non-hydrogen) atoms. The Kier molecular flexibility index (Phi) is 2.97. The van der Waals surface area contributed by atoms with Gasteiger partial charge in [-0.05, 0) is 44.2 Å². The first-order chi connectivity index (χ1) is 9.15. The third-order valence-corrected chi connectivity index (χ3v) is 4.02. The minimum Gasteiger partial charge on any atom is -0.481 e. The number of rotatable bonds is 2. The Hall–Kier alpha value is -1.91. The monoisotopic (exact) mass is 259 g/mol. The molecule has 0 atom stereocenters. The Bertz CT molecular complexity index is 612. The van der Waals surface area contributed by atoms with Gasteiger partial charge in [-0.2, -0.15) is 5.10 Å². The van der Waals surface area contributed by atoms with Gasteiger partial charge in [-0.25, -0.2) is 9.50 Å². The Labute approximate surface area is 111 Å². The molecule has 5 nitrogen and oxygen atoms in total. The lowest BCUT2D eigenvalue weighted by Gasteiger charge is -2.23. The van der Waals surface area contributed by atoms with Gasteiger partial charge < -0.3 is 5.11 Å². The highest BCUT2D eigenvalue weighted by atomic mass is 16.4. The van der Waals surface area contributed by atoms with Crippen molar-refractivity contribution >= 4 is 11.6 Å². The number of aryl methyl sites for hydroxylation is 1. The van der Waals surface area contributed by atoms with E-state index >= 15 is 0 Å². The number of nitrogens with zero attached hydrogens (tertiary/aromatic N) is 3. The van der Waals surface area contributed by atoms with E-state index in [1.807, 2.05) is 29.8 Å². The van der Waals surface area contributed by atoms with Crippen LogP contribution in [0.2, 0.25) is 0 Å². The lowest BCUT2D eigenvalue weighted by Crippen LogP contribution is -2.21. The lowest BCUT2D eigenvalue weighted by molar-refractivity contribution is -0.142. The van der Waals surface area contributed by atoms with Crippen LogP contribution >= 0.6 is 0 Å². The summed E-state index contributed by atoms with van der Waals surface area (Å²) >= 11 is 0. The van der Waals surface area contributed by atoms with Crippen molar-refractivity contribution in [2.75, 3.05) is 0 Å². The van der Waals surface area contributed by atoms with E-state index in [4.69, 9.17) is 5.11 Å². The molecule has 2 aromatic rings. The van der Waals surface area contributed by atoms with E-state index in [9.17, 15) is 4.79 Å². The molecule has 3 rings (SSSR count). The van der Waals surface area contributed by atoms with Crippen LogP contribution in [0, 0.1) is 12.8 Å². The van der Waals surface area contributed by atoms with Crippen LogP contribution in [0.1, 0.15) is 43.0 Å². The third-order valence-electron chi connectivity index (χ3n) is 4.02. The van der Waals surface area contributed by atoms with Crippen LogP contribution < -0.4 is 0 Å². The summed E-state index contributed by atoms with van der Waals surface area (Å²) in [4.78, 5) is 15.6. The number of carbonyl (C=O) groups is 1. The van der Waals surface area contributed by atoms with Gasteiger partial charge in [0.1, 0.15) is 0 Å². The quantitative estimate of drug-likeness (QED) is 0.899. The average Bonchev–Trinajstić information content (AvgIpc) is 2.84. The first kappa shape index (κ1) is 12.1. The van der Waals surface area contributed by atoms with Gasteiger partial charge in [0.15, 0.2) is 11.5 Å². The number of carboxylic acids is 1. The first-order valence-corrected chi connectivity index (χ1v) is 6.70. The zero-order chi connectivity index (χ0) is 13.4. The minimum absolute atomic E-state index is 0.185. The van der Waals surface area contributed by atoms with Gasteiger partial charge in [-0.15, -0.1) is 0 Å². The van der Waals surface area contributed by atoms with Crippen LogP contribution in [0.3, 0.4) is 0 Å². The van der Waals surface area contributed by atoms with E-state index in [0.29, 0.717) is 5.92 Å². The SMILES string of the molecule is Cc1cccn2nc(C3CCC(C(=O)O)CC3)nc12. The number of aliphatic carboxylic acids is 1. The molecule has 0 radical (unpaired) electrons. The highest BCUT2D eigenvalue weighted by Crippen LogP contribution is 2.34. The van der Waals surface area contributed by atoms with Crippen molar-refractivity contribution in [1.29, 1.82) is 0 Å². The minimum atomic E-state index is -0.669. The first-order valence-electron chi connectivity index (χ1n) is 6.70. The van der Waals surface area contributed by atoms with Gasteiger partial charge in [0.2, 0.25) is 0 Å². The Morgan fingerprint density at radius 3 is 2.74 bits per heavy atom. The van der Waals surface area contributed by atoms with Crippen molar-refractivity contribution in [3.63, 3.8) is 0 Å². The molecule has 0 saturated heterocycles. The molecule has 1 saturated carbocycles. The van der Waals surface area contributed by atoms with Gasteiger partial charge in [0, 0.05) is 12.1 Å². The van der Waals surface area contributed by atoms with Gasteiger partial charge in [0.25, 0.3) is 0 Å². The van der Waals surface area contributed by atoms with E-state index < -0.39 is 5.97 Å². The van der Waals surface area contributed by atoms with Gasteiger partial charge in [-0.1, -0.05) is 6.07 Å². The van der Waals surface area contributed by atoms with Gasteiger partial charge in [0.05, 0.1) is 5.92 Å². The summed E-state index contributed by atoms with van der Waals surface area (Å²) < 4.78 is 1.81. The standard InChI is InChI=1S/C14H17N3O2/c1-9-3-2-8-17-13(9)15-12(16-17)10-4-6-11(7-5-10)14(18)19/h2-3,8,10-11H,4-7H2,1H3,(H,18,19). The molecule has 1 aliphatic carbocycles. The van der Waals surface area contributed by atoms with Gasteiger partial charge in [-0.3, -0.25) is 4.79 Å². The zero-order valence-electron chi connectivity index (χ0n) is 10.9. The summed E-state index contributed by atoms with van der Waals surface area (Å²) in [6.45, 7) is 2.02. The fraction of sp³-hybridized carbons (Fsp3) is 0.500. The molecule has 100 valence electrons. The molecular weight excluding hydrogens is 242 g/mol. The van der Waals surface area contributed by atoms with Crippen molar-refractivity contribution in [3.05, 3.63) is 29.7 Å². The number of pyridine rings is 1. The van der Waals surface area contributed by atoms with Crippen molar-refractivity contribution in [2.45, 2.75) is 38.5 Å². The highest BCUT2D eigenvalue weighted by Gasteiger charge is 2.28. The summed E-state index contributed by atoms with van der Waals surface area (Å²) in [6.07, 6.45) is 5.10. The molecule has 1 aliphatic rings. The summed E-state index contributed by atoms with van der Waals surface area (Å²) in [5.74, 6) is 0.306. The van der Waals surface area contributed by atoms with Gasteiger partial charge >= 0.3 is 5.97 Å². The van der Waals surface area contributed by atoms with Crippen molar-refractivity contribution < 1.29 is 9.90 Å². The second kappa shape index (κ2) is 4.64. The van der Waals surface area contributed by atoms with Crippen LogP contribution in [-0.2, 0) is 4.79 Å². The number of carboxylic acid groups (broad SMARTS) is 1. The van der Waals surface area contributed by atoms with E-state index in [1.165, 1.54) is 0 Å². The molecule has 0 unspecified atom stereocenters. The molecule has 0 spiro atoms. The fourth-order valence-corrected chi connectivity index (χ4v) is 2.83. The van der Waals surface area contributed by atoms with Crippen LogP contribution in [0.4, 0.5) is 0 Å². The van der Waals surface area contributed by atoms with Crippen LogP contribution in [0.5, 0.6) is 0 Å². The molecule has 2 aromatic heterocycles. The maximum Gasteiger partial charge on any atom is 0.306 e. The van der Waals surface area contributed by atoms with Crippen molar-refractivity contribution in [1.82, 2.24) is 14.6 Å². The number of hydrogen-bond donors (Lipinski definition) is 1. The second-order valence-electron chi connectivity index (χ2n) is 5.32. The molecular formula is C14H17N3O2. The van der Waals surface area contributed by atoms with Crippen LogP contribution in [0.25, 0.3) is 5.65 Å². The molecule has 0 aromatic carbocycles. The zero-order valence-corrected chi connectivity index (χ0v) is 10.9. The normalized spacial score (nSPS) is 23.6. The maximum absolute atomic E-state index is 10.9. The van der Waals surface area contributed by atoms with Crippen LogP contribution in [0.15, 0.2) is 18.3 Å². The molecule has 1 N–H and O–H groups in total. The van der Waals surface area contributed by atoms with E-state index in [0.717, 1.165) is 42.7 Å². The molecule has 2 heterocycles. The van der Waals surface area contributed by atoms with E-state index in [2.05, 4.69) is 10.1 Å². The maximum atomic E-state index is 10.9. The number of fused-ring (bicyclic) bond motifs is 1. The largest absolute Gasteiger partial charge is 0.481 e. The highest BCUT2D eigenvalue weighted by molar-refractivity contribution is 5.70. The Morgan fingerprint density at radius 2 is 2.11 bits per heavy atom. The molecule has 0 amide bonds. The molecule has 0 bridgehead atoms. The van der Waals surface area contributed by atoms with E-state index in [1.54, 1.807) is 0 Å². The topological polar surface area (TPSA) is 67.5 Å². The molecule has 5 heteroatoms. The smallest absolute Gasteiger partial charge is 0.306 e. The third kappa shape index (κ3) is 2.20. The summed E-state index contributed by atoms with van der Waals surface area (Å²) in [5, 5.41) is 13.5. The number of aromatic nitrogens is 3. The van der Waals surface area contributed by atoms with Crippen molar-refractivity contribution in [2.24, 2.45) is 5.92 Å². The van der Waals surface area contributed by atoms with Crippen molar-refractivity contribution in [3.8, 4) is 0 Å². The Morgan fingerprint density at radius 1 is 1.37 bits per heavy atom. The predicted molar refractivity (Wildman–Crippen MR) is 70.1 cm³/mol. The number of hydrogen-bond acceptors (Lipinski definition) is 3. The average molecular weight is 259 g/mol.